The number of aliphatic hydroxyl groups is 2. The molecule has 0 saturated carbocycles. The minimum absolute atomic E-state index is 0. The van der Waals surface area contributed by atoms with E-state index >= 15 is 0 Å². The number of amides is 1. The van der Waals surface area contributed by atoms with E-state index in [4.69, 9.17) is 5.73 Å². The van der Waals surface area contributed by atoms with Gasteiger partial charge in [-0.25, -0.2) is 0 Å². The maximum Gasteiger partial charge on any atom is 0.240 e. The number of nitrogens with two attached hydrogens (primary N) is 1. The molecule has 5 nitrogen and oxygen atoms in total. The summed E-state index contributed by atoms with van der Waals surface area (Å²) in [6, 6.07) is 8.90. The molecule has 1 fully saturated rings. The van der Waals surface area contributed by atoms with Crippen molar-refractivity contribution in [2.24, 2.45) is 5.73 Å². The van der Waals surface area contributed by atoms with Crippen LogP contribution in [0.3, 0.4) is 0 Å². The third-order valence-electron chi connectivity index (χ3n) is 3.19. The van der Waals surface area contributed by atoms with Crippen molar-refractivity contribution >= 4 is 18.3 Å². The number of aliphatic hydroxyl groups excluding tert-OH is 2. The lowest BCUT2D eigenvalue weighted by Crippen LogP contribution is -2.44. The van der Waals surface area contributed by atoms with Crippen LogP contribution in [0.4, 0.5) is 0 Å². The number of nitrogens with zero attached hydrogens (tertiary/aromatic N) is 1. The number of rotatable bonds is 3. The van der Waals surface area contributed by atoms with Gasteiger partial charge in [0, 0.05) is 13.1 Å². The highest BCUT2D eigenvalue weighted by Gasteiger charge is 2.34. The first kappa shape index (κ1) is 15.9. The second kappa shape index (κ2) is 6.86. The average molecular weight is 287 g/mol. The molecule has 1 saturated heterocycles. The molecule has 1 heterocycles. The van der Waals surface area contributed by atoms with Crippen molar-refractivity contribution in [2.75, 3.05) is 13.1 Å². The van der Waals surface area contributed by atoms with E-state index < -0.39 is 18.2 Å². The lowest BCUT2D eigenvalue weighted by atomic mass is 10.1. The monoisotopic (exact) mass is 286 g/mol. The van der Waals surface area contributed by atoms with Gasteiger partial charge in [-0.15, -0.1) is 12.4 Å². The first-order valence-electron chi connectivity index (χ1n) is 6.02. The second-order valence-electron chi connectivity index (χ2n) is 4.67. The Labute approximate surface area is 118 Å². The van der Waals surface area contributed by atoms with Crippen LogP contribution in [0, 0.1) is 0 Å². The summed E-state index contributed by atoms with van der Waals surface area (Å²) in [5, 5.41) is 18.8. The standard InChI is InChI=1S/C13H18N2O3.ClH/c14-10(6-9-4-2-1-3-5-9)13(18)15-7-11(16)12(17)8-15;/h1-5,10-12,16-17H,6-8,14H2;1H/t10-,11?,12?;/m0./s1. The number of benzene rings is 1. The molecule has 0 aromatic heterocycles. The Morgan fingerprint density at radius 1 is 1.26 bits per heavy atom. The van der Waals surface area contributed by atoms with Gasteiger partial charge < -0.3 is 20.8 Å². The summed E-state index contributed by atoms with van der Waals surface area (Å²) in [5.41, 5.74) is 6.86. The summed E-state index contributed by atoms with van der Waals surface area (Å²) in [4.78, 5) is 13.4. The number of halogens is 1. The van der Waals surface area contributed by atoms with Gasteiger partial charge in [0.25, 0.3) is 0 Å². The van der Waals surface area contributed by atoms with Gasteiger partial charge in [-0.1, -0.05) is 30.3 Å². The first-order chi connectivity index (χ1) is 8.58. The van der Waals surface area contributed by atoms with Crippen LogP contribution in [0.15, 0.2) is 30.3 Å². The Bertz CT molecular complexity index is 406. The van der Waals surface area contributed by atoms with Crippen LogP contribution >= 0.6 is 12.4 Å². The van der Waals surface area contributed by atoms with Crippen LogP contribution in [0.2, 0.25) is 0 Å². The Hall–Kier alpha value is -1.14. The lowest BCUT2D eigenvalue weighted by molar-refractivity contribution is -0.132. The summed E-state index contributed by atoms with van der Waals surface area (Å²) in [7, 11) is 0. The van der Waals surface area contributed by atoms with Crippen molar-refractivity contribution in [2.45, 2.75) is 24.7 Å². The van der Waals surface area contributed by atoms with E-state index in [0.29, 0.717) is 6.42 Å². The maximum atomic E-state index is 12.0. The number of hydrogen-bond acceptors (Lipinski definition) is 4. The normalized spacial score (nSPS) is 23.8. The Kier molecular flexibility index (Phi) is 5.75. The summed E-state index contributed by atoms with van der Waals surface area (Å²) < 4.78 is 0. The van der Waals surface area contributed by atoms with Gasteiger partial charge in [0.15, 0.2) is 0 Å². The zero-order valence-corrected chi connectivity index (χ0v) is 11.3. The predicted octanol–water partition coefficient (Wildman–Crippen LogP) is -0.458. The van der Waals surface area contributed by atoms with Crippen molar-refractivity contribution in [3.63, 3.8) is 0 Å². The summed E-state index contributed by atoms with van der Waals surface area (Å²) in [5.74, 6) is -0.227. The molecular weight excluding hydrogens is 268 g/mol. The third kappa shape index (κ3) is 3.91. The molecule has 6 heteroatoms. The van der Waals surface area contributed by atoms with Gasteiger partial charge in [-0.3, -0.25) is 4.79 Å². The predicted molar refractivity (Wildman–Crippen MR) is 74.0 cm³/mol. The van der Waals surface area contributed by atoms with E-state index in [1.54, 1.807) is 0 Å². The molecule has 1 aromatic rings. The number of β-amino-alcohol motifs (C(OH)–C–C–N with tert-alkyl or cyclic N) is 2. The van der Waals surface area contributed by atoms with E-state index in [2.05, 4.69) is 0 Å². The number of hydrogen-bond donors (Lipinski definition) is 3. The largest absolute Gasteiger partial charge is 0.388 e. The van der Waals surface area contributed by atoms with Gasteiger partial charge in [0.05, 0.1) is 18.2 Å². The van der Waals surface area contributed by atoms with Crippen LogP contribution in [0.25, 0.3) is 0 Å². The Balaban J connectivity index is 0.00000180. The molecule has 0 spiro atoms. The van der Waals surface area contributed by atoms with E-state index in [1.807, 2.05) is 30.3 Å². The van der Waals surface area contributed by atoms with Crippen molar-refractivity contribution in [3.8, 4) is 0 Å². The zero-order chi connectivity index (χ0) is 13.1. The minimum Gasteiger partial charge on any atom is -0.388 e. The molecule has 4 N–H and O–H groups in total. The molecule has 19 heavy (non-hydrogen) atoms. The Morgan fingerprint density at radius 3 is 2.32 bits per heavy atom. The number of carbonyl (C=O) groups excluding carboxylic acids is 1. The van der Waals surface area contributed by atoms with E-state index in [1.165, 1.54) is 4.90 Å². The molecule has 106 valence electrons. The molecule has 2 rings (SSSR count). The molecule has 1 amide bonds. The Morgan fingerprint density at radius 2 is 1.79 bits per heavy atom. The fourth-order valence-corrected chi connectivity index (χ4v) is 2.14. The molecular formula is C13H19ClN2O3. The number of carbonyl (C=O) groups is 1. The van der Waals surface area contributed by atoms with E-state index in [9.17, 15) is 15.0 Å². The lowest BCUT2D eigenvalue weighted by Gasteiger charge is -2.20. The van der Waals surface area contributed by atoms with Crippen LogP contribution in [0.1, 0.15) is 5.56 Å². The molecule has 1 aromatic carbocycles. The van der Waals surface area contributed by atoms with Gasteiger partial charge in [-0.2, -0.15) is 0 Å². The third-order valence-corrected chi connectivity index (χ3v) is 3.19. The maximum absolute atomic E-state index is 12.0. The molecule has 0 bridgehead atoms. The highest BCUT2D eigenvalue weighted by atomic mass is 35.5. The quantitative estimate of drug-likeness (QED) is 0.702. The van der Waals surface area contributed by atoms with Crippen molar-refractivity contribution in [1.29, 1.82) is 0 Å². The van der Waals surface area contributed by atoms with Crippen LogP contribution in [-0.4, -0.2) is 52.4 Å². The topological polar surface area (TPSA) is 86.8 Å². The molecule has 0 radical (unpaired) electrons. The fraction of sp³-hybridized carbons (Fsp3) is 0.462. The SMILES string of the molecule is Cl.N[C@@H](Cc1ccccc1)C(=O)N1CC(O)C(O)C1. The highest BCUT2D eigenvalue weighted by Crippen LogP contribution is 2.12. The first-order valence-corrected chi connectivity index (χ1v) is 6.02. The summed E-state index contributed by atoms with van der Waals surface area (Å²) in [6.07, 6.45) is -1.27. The van der Waals surface area contributed by atoms with E-state index in [0.717, 1.165) is 5.56 Å². The molecule has 1 aliphatic rings. The molecule has 2 unspecified atom stereocenters. The fourth-order valence-electron chi connectivity index (χ4n) is 2.14. The van der Waals surface area contributed by atoms with Gasteiger partial charge in [0.1, 0.15) is 0 Å². The van der Waals surface area contributed by atoms with Crippen molar-refractivity contribution < 1.29 is 15.0 Å². The van der Waals surface area contributed by atoms with Crippen LogP contribution in [0.5, 0.6) is 0 Å². The summed E-state index contributed by atoms with van der Waals surface area (Å²) >= 11 is 0. The average Bonchev–Trinajstić information content (AvgIpc) is 2.70. The second-order valence-corrected chi connectivity index (χ2v) is 4.67. The summed E-state index contributed by atoms with van der Waals surface area (Å²) in [6.45, 7) is 0.310. The van der Waals surface area contributed by atoms with Crippen molar-refractivity contribution in [3.05, 3.63) is 35.9 Å². The number of likely N-dealkylation sites (tertiary alicyclic amines) is 1. The van der Waals surface area contributed by atoms with E-state index in [-0.39, 0.29) is 31.4 Å². The van der Waals surface area contributed by atoms with Crippen LogP contribution < -0.4 is 5.73 Å². The van der Waals surface area contributed by atoms with Crippen molar-refractivity contribution in [1.82, 2.24) is 4.90 Å². The zero-order valence-electron chi connectivity index (χ0n) is 10.5. The molecule has 0 aliphatic carbocycles. The highest BCUT2D eigenvalue weighted by molar-refractivity contribution is 5.85. The van der Waals surface area contributed by atoms with Gasteiger partial charge >= 0.3 is 0 Å². The van der Waals surface area contributed by atoms with Crippen LogP contribution in [-0.2, 0) is 11.2 Å². The van der Waals surface area contributed by atoms with Gasteiger partial charge in [-0.05, 0) is 12.0 Å². The smallest absolute Gasteiger partial charge is 0.240 e. The molecule has 1 aliphatic heterocycles. The van der Waals surface area contributed by atoms with Gasteiger partial charge in [0.2, 0.25) is 5.91 Å². The minimum atomic E-state index is -0.863. The molecule has 3 atom stereocenters.